The molecule has 1 heterocycles. The highest BCUT2D eigenvalue weighted by Gasteiger charge is 2.47. The third-order valence-corrected chi connectivity index (χ3v) is 3.96. The van der Waals surface area contributed by atoms with Gasteiger partial charge >= 0.3 is 4.87 Å². The monoisotopic (exact) mass is 256 g/mol. The molecule has 5 nitrogen and oxygen atoms in total. The van der Waals surface area contributed by atoms with E-state index in [4.69, 9.17) is 4.74 Å². The van der Waals surface area contributed by atoms with Crippen molar-refractivity contribution >= 4 is 17.2 Å². The van der Waals surface area contributed by atoms with Gasteiger partial charge in [-0.05, 0) is 25.7 Å². The Morgan fingerprint density at radius 1 is 1.71 bits per heavy atom. The van der Waals surface area contributed by atoms with Crippen LogP contribution in [0.4, 0.5) is 0 Å². The Morgan fingerprint density at radius 2 is 2.41 bits per heavy atom. The largest absolute Gasteiger partial charge is 0.368 e. The van der Waals surface area contributed by atoms with E-state index in [1.807, 2.05) is 6.92 Å². The minimum absolute atomic E-state index is 0.106. The second-order valence-electron chi connectivity index (χ2n) is 4.44. The maximum atomic E-state index is 12.0. The minimum atomic E-state index is -0.740. The number of aromatic nitrogens is 1. The highest BCUT2D eigenvalue weighted by Crippen LogP contribution is 2.41. The summed E-state index contributed by atoms with van der Waals surface area (Å²) < 4.78 is 5.34. The quantitative estimate of drug-likeness (QED) is 0.821. The Hall–Kier alpha value is -1.14. The van der Waals surface area contributed by atoms with Crippen LogP contribution in [0.2, 0.25) is 0 Å². The lowest BCUT2D eigenvalue weighted by atomic mass is 9.99. The van der Waals surface area contributed by atoms with Crippen molar-refractivity contribution in [2.24, 2.45) is 5.92 Å². The number of H-pyrrole nitrogens is 1. The Kier molecular flexibility index (Phi) is 3.35. The molecule has 0 unspecified atom stereocenters. The molecule has 1 saturated carbocycles. The first kappa shape index (κ1) is 12.3. The first-order valence-corrected chi connectivity index (χ1v) is 6.44. The van der Waals surface area contributed by atoms with Crippen LogP contribution in [0, 0.1) is 5.92 Å². The molecule has 1 aromatic rings. The third kappa shape index (κ3) is 2.58. The Morgan fingerprint density at radius 3 is 2.88 bits per heavy atom. The number of thiazole rings is 1. The van der Waals surface area contributed by atoms with Gasteiger partial charge in [-0.3, -0.25) is 9.59 Å². The summed E-state index contributed by atoms with van der Waals surface area (Å²) >= 11 is 1.09. The Labute approximate surface area is 103 Å². The molecule has 1 atom stereocenters. The first-order chi connectivity index (χ1) is 8.06. The van der Waals surface area contributed by atoms with E-state index in [-0.39, 0.29) is 10.8 Å². The lowest BCUT2D eigenvalue weighted by molar-refractivity contribution is -0.144. The van der Waals surface area contributed by atoms with Crippen molar-refractivity contribution in [2.45, 2.75) is 31.9 Å². The van der Waals surface area contributed by atoms with Gasteiger partial charge in [0, 0.05) is 18.2 Å². The van der Waals surface area contributed by atoms with Gasteiger partial charge in [-0.15, -0.1) is 0 Å². The molecule has 1 aromatic heterocycles. The second-order valence-corrected chi connectivity index (χ2v) is 5.28. The zero-order valence-electron chi connectivity index (χ0n) is 9.91. The van der Waals surface area contributed by atoms with Crippen molar-refractivity contribution in [2.75, 3.05) is 7.11 Å². The van der Waals surface area contributed by atoms with Crippen molar-refractivity contribution in [3.8, 4) is 0 Å². The summed E-state index contributed by atoms with van der Waals surface area (Å²) in [6, 6.07) is 0. The number of aromatic amines is 1. The highest BCUT2D eigenvalue weighted by molar-refractivity contribution is 7.07. The van der Waals surface area contributed by atoms with Crippen LogP contribution in [0.25, 0.3) is 0 Å². The van der Waals surface area contributed by atoms with Crippen LogP contribution in [0.5, 0.6) is 0 Å². The summed E-state index contributed by atoms with van der Waals surface area (Å²) in [4.78, 5) is 25.5. The molecule has 94 valence electrons. The van der Waals surface area contributed by atoms with Crippen LogP contribution >= 0.6 is 11.3 Å². The van der Waals surface area contributed by atoms with Crippen molar-refractivity contribution in [1.29, 1.82) is 0 Å². The van der Waals surface area contributed by atoms with E-state index in [1.165, 1.54) is 0 Å². The van der Waals surface area contributed by atoms with Gasteiger partial charge in [0.1, 0.15) is 5.60 Å². The van der Waals surface area contributed by atoms with E-state index >= 15 is 0 Å². The van der Waals surface area contributed by atoms with Crippen molar-refractivity contribution in [3.63, 3.8) is 0 Å². The molecule has 0 radical (unpaired) electrons. The second kappa shape index (κ2) is 4.62. The number of hydrogen-bond acceptors (Lipinski definition) is 4. The van der Waals surface area contributed by atoms with Gasteiger partial charge in [-0.2, -0.15) is 0 Å². The molecule has 0 saturated heterocycles. The van der Waals surface area contributed by atoms with Gasteiger partial charge in [0.2, 0.25) is 0 Å². The average Bonchev–Trinajstić information content (AvgIpc) is 3.09. The molecule has 0 aromatic carbocycles. The predicted molar refractivity (Wildman–Crippen MR) is 64.9 cm³/mol. The van der Waals surface area contributed by atoms with E-state index in [9.17, 15) is 9.59 Å². The molecule has 1 amide bonds. The Bertz CT molecular complexity index is 463. The number of hydrogen-bond donors (Lipinski definition) is 2. The van der Waals surface area contributed by atoms with E-state index in [0.717, 1.165) is 29.9 Å². The highest BCUT2D eigenvalue weighted by atomic mass is 32.1. The topological polar surface area (TPSA) is 71.2 Å². The standard InChI is InChI=1S/C11H16N2O3S/c1-11(16-2,7-3-4-7)9(14)12-5-8-6-17-10(15)13-8/h6-7H,3-5H2,1-2H3,(H,12,14)(H,13,15)/t11-/m0/s1. The van der Waals surface area contributed by atoms with Crippen LogP contribution in [-0.2, 0) is 16.1 Å². The molecule has 1 fully saturated rings. The normalized spacial score (nSPS) is 18.7. The summed E-state index contributed by atoms with van der Waals surface area (Å²) in [6.45, 7) is 2.15. The van der Waals surface area contributed by atoms with Gasteiger partial charge < -0.3 is 15.0 Å². The third-order valence-electron chi connectivity index (χ3n) is 3.24. The zero-order valence-corrected chi connectivity index (χ0v) is 10.7. The number of methoxy groups -OCH3 is 1. The lowest BCUT2D eigenvalue weighted by Crippen LogP contribution is -2.47. The van der Waals surface area contributed by atoms with Gasteiger partial charge in [-0.25, -0.2) is 0 Å². The minimum Gasteiger partial charge on any atom is -0.368 e. The first-order valence-electron chi connectivity index (χ1n) is 5.56. The molecule has 1 aliphatic carbocycles. The Balaban J connectivity index is 1.94. The fourth-order valence-electron chi connectivity index (χ4n) is 1.83. The molecule has 0 spiro atoms. The van der Waals surface area contributed by atoms with Crippen LogP contribution in [0.15, 0.2) is 10.2 Å². The smallest absolute Gasteiger partial charge is 0.304 e. The molecule has 0 bridgehead atoms. The summed E-state index contributed by atoms with van der Waals surface area (Å²) in [5.74, 6) is 0.198. The van der Waals surface area contributed by atoms with Crippen LogP contribution in [0.1, 0.15) is 25.5 Å². The fourth-order valence-corrected chi connectivity index (χ4v) is 2.41. The molecule has 0 aliphatic heterocycles. The van der Waals surface area contributed by atoms with E-state index in [1.54, 1.807) is 12.5 Å². The molecule has 17 heavy (non-hydrogen) atoms. The fraction of sp³-hybridized carbons (Fsp3) is 0.636. The van der Waals surface area contributed by atoms with Gasteiger partial charge in [0.15, 0.2) is 0 Å². The maximum absolute atomic E-state index is 12.0. The zero-order chi connectivity index (χ0) is 12.5. The average molecular weight is 256 g/mol. The van der Waals surface area contributed by atoms with E-state index in [2.05, 4.69) is 10.3 Å². The van der Waals surface area contributed by atoms with Gasteiger partial charge in [0.25, 0.3) is 5.91 Å². The molecule has 1 aliphatic rings. The summed E-state index contributed by atoms with van der Waals surface area (Å²) in [6.07, 6.45) is 2.07. The summed E-state index contributed by atoms with van der Waals surface area (Å²) in [5.41, 5.74) is -0.0151. The number of rotatable bonds is 5. The number of carbonyl (C=O) groups excluding carboxylic acids is 1. The molecular weight excluding hydrogens is 240 g/mol. The van der Waals surface area contributed by atoms with Gasteiger partial charge in [0.05, 0.1) is 6.54 Å². The van der Waals surface area contributed by atoms with Crippen LogP contribution in [0.3, 0.4) is 0 Å². The number of nitrogens with one attached hydrogen (secondary N) is 2. The number of carbonyl (C=O) groups is 1. The molecule has 2 rings (SSSR count). The summed E-state index contributed by atoms with van der Waals surface area (Å²) in [7, 11) is 1.56. The molecule has 2 N–H and O–H groups in total. The molecular formula is C11H16N2O3S. The number of ether oxygens (including phenoxy) is 1. The van der Waals surface area contributed by atoms with Gasteiger partial charge in [-0.1, -0.05) is 11.3 Å². The van der Waals surface area contributed by atoms with Crippen molar-refractivity contribution in [1.82, 2.24) is 10.3 Å². The maximum Gasteiger partial charge on any atom is 0.304 e. The lowest BCUT2D eigenvalue weighted by Gasteiger charge is -2.26. The van der Waals surface area contributed by atoms with Crippen molar-refractivity contribution in [3.05, 3.63) is 20.7 Å². The summed E-state index contributed by atoms with van der Waals surface area (Å²) in [5, 5.41) is 4.51. The van der Waals surface area contributed by atoms with Crippen molar-refractivity contribution < 1.29 is 9.53 Å². The SMILES string of the molecule is CO[C@](C)(C(=O)NCc1csc(=O)[nH]1)C1CC1. The molecule has 6 heteroatoms. The van der Waals surface area contributed by atoms with E-state index < -0.39 is 5.60 Å². The van der Waals surface area contributed by atoms with Crippen LogP contribution in [-0.4, -0.2) is 23.6 Å². The number of amides is 1. The van der Waals surface area contributed by atoms with E-state index in [0.29, 0.717) is 12.5 Å². The predicted octanol–water partition coefficient (Wildman–Crippen LogP) is 0.868. The van der Waals surface area contributed by atoms with Crippen LogP contribution < -0.4 is 10.2 Å².